The second-order valence-electron chi connectivity index (χ2n) is 7.37. The molecule has 1 aliphatic heterocycles. The number of hydrogen-bond acceptors (Lipinski definition) is 2. The van der Waals surface area contributed by atoms with E-state index in [0.29, 0.717) is 6.04 Å². The van der Waals surface area contributed by atoms with E-state index in [0.717, 1.165) is 38.9 Å². The van der Waals surface area contributed by atoms with Gasteiger partial charge in [0.1, 0.15) is 0 Å². The minimum absolute atomic E-state index is 0.477. The Morgan fingerprint density at radius 1 is 0.968 bits per heavy atom. The van der Waals surface area contributed by atoms with Gasteiger partial charge in [-0.2, -0.15) is 0 Å². The fraction of sp³-hybridized carbons (Fsp3) is 0.448. The second-order valence-corrected chi connectivity index (χ2v) is 7.37. The van der Waals surface area contributed by atoms with Crippen LogP contribution in [0.25, 0.3) is 0 Å². The standard InChI is InChI=1S/C25H32N2.2C2H6/c1-3-10-21(4-2)17-18-27-19-23-13-8-9-14-25(23)26-24(20-27)16-15-22-11-6-5-7-12-22;2*1-2/h3-14,24,26H,15-20H2,1-2H3;2*1-2H3/b10-3-,21-4+;;. The van der Waals surface area contributed by atoms with Crippen LogP contribution in [0.5, 0.6) is 0 Å². The summed E-state index contributed by atoms with van der Waals surface area (Å²) < 4.78 is 0. The summed E-state index contributed by atoms with van der Waals surface area (Å²) in [7, 11) is 0. The van der Waals surface area contributed by atoms with Crippen LogP contribution in [0.2, 0.25) is 0 Å². The van der Waals surface area contributed by atoms with Crippen LogP contribution in [0, 0.1) is 0 Å². The maximum atomic E-state index is 3.82. The number of aryl methyl sites for hydroxylation is 1. The van der Waals surface area contributed by atoms with Gasteiger partial charge in [-0.3, -0.25) is 4.90 Å². The van der Waals surface area contributed by atoms with Gasteiger partial charge in [0.05, 0.1) is 0 Å². The highest BCUT2D eigenvalue weighted by Gasteiger charge is 2.20. The van der Waals surface area contributed by atoms with Crippen molar-refractivity contribution in [2.45, 2.75) is 73.4 Å². The molecule has 2 nitrogen and oxygen atoms in total. The predicted molar refractivity (Wildman–Crippen MR) is 140 cm³/mol. The first-order chi connectivity index (χ1) is 15.3. The second kappa shape index (κ2) is 16.4. The summed E-state index contributed by atoms with van der Waals surface area (Å²) in [5, 5.41) is 3.82. The van der Waals surface area contributed by atoms with E-state index >= 15 is 0 Å². The lowest BCUT2D eigenvalue weighted by atomic mass is 10.0. The average Bonchev–Trinajstić information content (AvgIpc) is 3.02. The van der Waals surface area contributed by atoms with Crippen molar-refractivity contribution in [2.24, 2.45) is 0 Å². The molecule has 0 fully saturated rings. The van der Waals surface area contributed by atoms with Crippen LogP contribution in [0.1, 0.15) is 65.5 Å². The van der Waals surface area contributed by atoms with Gasteiger partial charge in [-0.25, -0.2) is 0 Å². The highest BCUT2D eigenvalue weighted by molar-refractivity contribution is 5.52. The van der Waals surface area contributed by atoms with Gasteiger partial charge in [0, 0.05) is 31.4 Å². The normalized spacial score (nSPS) is 16.2. The molecular weight excluding hydrogens is 376 g/mol. The first-order valence-corrected chi connectivity index (χ1v) is 12.2. The van der Waals surface area contributed by atoms with Crippen LogP contribution >= 0.6 is 0 Å². The summed E-state index contributed by atoms with van der Waals surface area (Å²) in [6.07, 6.45) is 9.98. The molecule has 3 rings (SSSR count). The molecule has 0 aliphatic carbocycles. The van der Waals surface area contributed by atoms with E-state index in [1.807, 2.05) is 27.7 Å². The molecule has 0 saturated carbocycles. The third kappa shape index (κ3) is 9.57. The number of hydrogen-bond donors (Lipinski definition) is 1. The fourth-order valence-corrected chi connectivity index (χ4v) is 3.83. The Morgan fingerprint density at radius 3 is 2.32 bits per heavy atom. The van der Waals surface area contributed by atoms with Crippen molar-refractivity contribution in [3.8, 4) is 0 Å². The number of fused-ring (bicyclic) bond motifs is 1. The highest BCUT2D eigenvalue weighted by atomic mass is 15.2. The molecule has 0 radical (unpaired) electrons. The first-order valence-electron chi connectivity index (χ1n) is 12.2. The van der Waals surface area contributed by atoms with Gasteiger partial charge in [0.25, 0.3) is 0 Å². The van der Waals surface area contributed by atoms with Crippen molar-refractivity contribution in [3.05, 3.63) is 89.5 Å². The maximum absolute atomic E-state index is 3.82. The van der Waals surface area contributed by atoms with Gasteiger partial charge >= 0.3 is 0 Å². The molecule has 170 valence electrons. The van der Waals surface area contributed by atoms with E-state index in [-0.39, 0.29) is 0 Å². The van der Waals surface area contributed by atoms with Crippen LogP contribution in [0.3, 0.4) is 0 Å². The number of nitrogens with one attached hydrogen (secondary N) is 1. The summed E-state index contributed by atoms with van der Waals surface area (Å²) in [5.41, 5.74) is 5.56. The summed E-state index contributed by atoms with van der Waals surface area (Å²) in [6, 6.07) is 20.1. The lowest BCUT2D eigenvalue weighted by molar-refractivity contribution is 0.260. The molecule has 0 saturated heterocycles. The van der Waals surface area contributed by atoms with Gasteiger partial charge in [-0.15, -0.1) is 0 Å². The summed E-state index contributed by atoms with van der Waals surface area (Å²) >= 11 is 0. The Bertz CT molecular complexity index is 761. The van der Waals surface area contributed by atoms with Gasteiger partial charge in [0.2, 0.25) is 0 Å². The zero-order valence-electron chi connectivity index (χ0n) is 20.7. The van der Waals surface area contributed by atoms with Crippen LogP contribution in [0.15, 0.2) is 78.4 Å². The molecule has 0 spiro atoms. The van der Waals surface area contributed by atoms with Crippen molar-refractivity contribution < 1.29 is 0 Å². The van der Waals surface area contributed by atoms with E-state index in [2.05, 4.69) is 96.9 Å². The van der Waals surface area contributed by atoms with Crippen LogP contribution in [-0.2, 0) is 13.0 Å². The molecule has 2 aromatic rings. The first kappa shape index (κ1) is 26.7. The molecule has 0 aromatic heterocycles. The van der Waals surface area contributed by atoms with Crippen LogP contribution in [0.4, 0.5) is 5.69 Å². The van der Waals surface area contributed by atoms with Crippen molar-refractivity contribution in [3.63, 3.8) is 0 Å². The van der Waals surface area contributed by atoms with E-state index in [9.17, 15) is 0 Å². The molecule has 1 heterocycles. The van der Waals surface area contributed by atoms with Gasteiger partial charge in [-0.05, 0) is 50.3 Å². The largest absolute Gasteiger partial charge is 0.381 e. The van der Waals surface area contributed by atoms with Crippen molar-refractivity contribution in [2.75, 3.05) is 18.4 Å². The zero-order chi connectivity index (χ0) is 22.9. The Morgan fingerprint density at radius 2 is 1.65 bits per heavy atom. The molecular formula is C29H44N2. The van der Waals surface area contributed by atoms with E-state index in [1.165, 1.54) is 22.4 Å². The Balaban J connectivity index is 0.00000113. The summed E-state index contributed by atoms with van der Waals surface area (Å²) in [6.45, 7) is 15.4. The third-order valence-electron chi connectivity index (χ3n) is 5.34. The molecule has 2 aromatic carbocycles. The van der Waals surface area contributed by atoms with E-state index in [1.54, 1.807) is 0 Å². The zero-order valence-corrected chi connectivity index (χ0v) is 20.7. The molecule has 31 heavy (non-hydrogen) atoms. The fourth-order valence-electron chi connectivity index (χ4n) is 3.83. The van der Waals surface area contributed by atoms with Gasteiger partial charge in [-0.1, -0.05) is 100 Å². The Labute approximate surface area is 192 Å². The quantitative estimate of drug-likeness (QED) is 0.458. The minimum Gasteiger partial charge on any atom is -0.381 e. The number of anilines is 1. The van der Waals surface area contributed by atoms with Crippen molar-refractivity contribution >= 4 is 5.69 Å². The lowest BCUT2D eigenvalue weighted by Gasteiger charge is -2.25. The van der Waals surface area contributed by atoms with Gasteiger partial charge < -0.3 is 5.32 Å². The SMILES string of the molecule is C/C=C\C(=C/C)CCN1Cc2ccccc2NC(CCc2ccccc2)C1.CC.CC. The molecule has 0 amide bonds. The Kier molecular flexibility index (Phi) is 14.1. The van der Waals surface area contributed by atoms with Crippen LogP contribution in [-0.4, -0.2) is 24.0 Å². The molecule has 1 N–H and O–H groups in total. The smallest absolute Gasteiger partial charge is 0.0391 e. The molecule has 1 atom stereocenters. The summed E-state index contributed by atoms with van der Waals surface area (Å²) in [5.74, 6) is 0. The maximum Gasteiger partial charge on any atom is 0.0391 e. The molecule has 2 heteroatoms. The van der Waals surface area contributed by atoms with E-state index in [4.69, 9.17) is 0 Å². The number of para-hydroxylation sites is 1. The van der Waals surface area contributed by atoms with Gasteiger partial charge in [0.15, 0.2) is 0 Å². The number of benzene rings is 2. The Hall–Kier alpha value is -2.32. The number of rotatable bonds is 7. The highest BCUT2D eigenvalue weighted by Crippen LogP contribution is 2.24. The predicted octanol–water partition coefficient (Wildman–Crippen LogP) is 7.88. The number of nitrogens with zero attached hydrogens (tertiary/aromatic N) is 1. The average molecular weight is 421 g/mol. The molecule has 1 unspecified atom stereocenters. The lowest BCUT2D eigenvalue weighted by Crippen LogP contribution is -2.34. The van der Waals surface area contributed by atoms with Crippen LogP contribution < -0.4 is 5.32 Å². The van der Waals surface area contributed by atoms with Crippen molar-refractivity contribution in [1.82, 2.24) is 4.90 Å². The topological polar surface area (TPSA) is 15.3 Å². The number of allylic oxidation sites excluding steroid dienone is 3. The summed E-state index contributed by atoms with van der Waals surface area (Å²) in [4.78, 5) is 2.61. The molecule has 0 bridgehead atoms. The van der Waals surface area contributed by atoms with E-state index < -0.39 is 0 Å². The molecule has 1 aliphatic rings. The third-order valence-corrected chi connectivity index (χ3v) is 5.34. The van der Waals surface area contributed by atoms with Crippen molar-refractivity contribution in [1.29, 1.82) is 0 Å². The monoisotopic (exact) mass is 420 g/mol. The minimum atomic E-state index is 0.477.